The normalized spacial score (nSPS) is 11.8. The highest BCUT2D eigenvalue weighted by molar-refractivity contribution is 6.31. The van der Waals surface area contributed by atoms with E-state index in [0.717, 1.165) is 5.56 Å². The zero-order valence-electron chi connectivity index (χ0n) is 12.5. The molecule has 0 fully saturated rings. The predicted molar refractivity (Wildman–Crippen MR) is 86.5 cm³/mol. The van der Waals surface area contributed by atoms with Crippen LogP contribution in [-0.4, -0.2) is 24.7 Å². The minimum Gasteiger partial charge on any atom is -0.497 e. The van der Waals surface area contributed by atoms with E-state index in [1.54, 1.807) is 49.6 Å². The molecule has 1 amide bonds. The van der Waals surface area contributed by atoms with Crippen LogP contribution in [0.1, 0.15) is 27.6 Å². The van der Waals surface area contributed by atoms with Crippen molar-refractivity contribution in [1.29, 1.82) is 0 Å². The number of carbonyl (C=O) groups is 1. The maximum Gasteiger partial charge on any atom is 0.251 e. The van der Waals surface area contributed by atoms with Crippen LogP contribution in [0.4, 0.5) is 0 Å². The maximum atomic E-state index is 12.0. The van der Waals surface area contributed by atoms with Crippen LogP contribution < -0.4 is 10.1 Å². The minimum atomic E-state index is -0.782. The number of rotatable bonds is 5. The third-order valence-corrected chi connectivity index (χ3v) is 3.80. The quantitative estimate of drug-likeness (QED) is 0.890. The fraction of sp³-hybridized carbons (Fsp3) is 0.235. The fourth-order valence-corrected chi connectivity index (χ4v) is 2.15. The summed E-state index contributed by atoms with van der Waals surface area (Å²) in [6.45, 7) is 1.99. The molecule has 0 heterocycles. The van der Waals surface area contributed by atoms with Crippen LogP contribution in [0.25, 0.3) is 0 Å². The van der Waals surface area contributed by atoms with Gasteiger partial charge in [0.1, 0.15) is 5.75 Å². The van der Waals surface area contributed by atoms with E-state index in [1.165, 1.54) is 0 Å². The third-order valence-electron chi connectivity index (χ3n) is 3.39. The second-order valence-electron chi connectivity index (χ2n) is 4.96. The highest BCUT2D eigenvalue weighted by Crippen LogP contribution is 2.18. The molecule has 4 nitrogen and oxygen atoms in total. The number of hydrogen-bond donors (Lipinski definition) is 2. The summed E-state index contributed by atoms with van der Waals surface area (Å²) in [7, 11) is 1.58. The molecule has 0 radical (unpaired) electrons. The zero-order chi connectivity index (χ0) is 16.1. The fourth-order valence-electron chi connectivity index (χ4n) is 1.97. The van der Waals surface area contributed by atoms with Gasteiger partial charge in [-0.1, -0.05) is 29.8 Å². The van der Waals surface area contributed by atoms with E-state index in [9.17, 15) is 9.90 Å². The SMILES string of the molecule is COc1ccc(C(O)CNC(=O)c2ccc(C)c(Cl)c2)cc1. The molecule has 0 aliphatic carbocycles. The minimum absolute atomic E-state index is 0.122. The van der Waals surface area contributed by atoms with Gasteiger partial charge in [-0.15, -0.1) is 0 Å². The van der Waals surface area contributed by atoms with E-state index in [0.29, 0.717) is 21.9 Å². The summed E-state index contributed by atoms with van der Waals surface area (Å²) in [6.07, 6.45) is -0.782. The van der Waals surface area contributed by atoms with Gasteiger partial charge in [-0.05, 0) is 42.3 Å². The lowest BCUT2D eigenvalue weighted by Gasteiger charge is -2.13. The van der Waals surface area contributed by atoms with Crippen LogP contribution in [0.3, 0.4) is 0 Å². The van der Waals surface area contributed by atoms with Gasteiger partial charge in [-0.2, -0.15) is 0 Å². The number of methoxy groups -OCH3 is 1. The Labute approximate surface area is 134 Å². The molecule has 116 valence electrons. The maximum absolute atomic E-state index is 12.0. The second-order valence-corrected chi connectivity index (χ2v) is 5.37. The summed E-state index contributed by atoms with van der Waals surface area (Å²) < 4.78 is 5.06. The molecule has 2 N–H and O–H groups in total. The van der Waals surface area contributed by atoms with E-state index in [-0.39, 0.29) is 12.5 Å². The van der Waals surface area contributed by atoms with Crippen molar-refractivity contribution in [3.63, 3.8) is 0 Å². The van der Waals surface area contributed by atoms with E-state index in [2.05, 4.69) is 5.32 Å². The van der Waals surface area contributed by atoms with Gasteiger partial charge in [0.25, 0.3) is 5.91 Å². The van der Waals surface area contributed by atoms with Gasteiger partial charge in [0.15, 0.2) is 0 Å². The van der Waals surface area contributed by atoms with Gasteiger partial charge < -0.3 is 15.2 Å². The van der Waals surface area contributed by atoms with Gasteiger partial charge in [0, 0.05) is 17.1 Å². The Bertz CT molecular complexity index is 655. The van der Waals surface area contributed by atoms with Crippen LogP contribution in [-0.2, 0) is 0 Å². The first kappa shape index (κ1) is 16.3. The molecule has 1 unspecified atom stereocenters. The highest BCUT2D eigenvalue weighted by atomic mass is 35.5. The summed E-state index contributed by atoms with van der Waals surface area (Å²) >= 11 is 6.00. The molecule has 0 aliphatic rings. The lowest BCUT2D eigenvalue weighted by Crippen LogP contribution is -2.28. The van der Waals surface area contributed by atoms with Gasteiger partial charge in [0.05, 0.1) is 13.2 Å². The third kappa shape index (κ3) is 4.00. The van der Waals surface area contributed by atoms with Crippen molar-refractivity contribution in [2.75, 3.05) is 13.7 Å². The van der Waals surface area contributed by atoms with Crippen LogP contribution >= 0.6 is 11.6 Å². The van der Waals surface area contributed by atoms with Crippen LogP contribution in [0.5, 0.6) is 5.75 Å². The number of hydrogen-bond acceptors (Lipinski definition) is 3. The first-order valence-corrected chi connectivity index (χ1v) is 7.25. The molecule has 2 aromatic rings. The number of aliphatic hydroxyl groups is 1. The summed E-state index contributed by atoms with van der Waals surface area (Å²) in [5.74, 6) is 0.448. The van der Waals surface area contributed by atoms with Crippen LogP contribution in [0.15, 0.2) is 42.5 Å². The average Bonchev–Trinajstić information content (AvgIpc) is 2.54. The first-order valence-electron chi connectivity index (χ1n) is 6.87. The van der Waals surface area contributed by atoms with Crippen molar-refractivity contribution < 1.29 is 14.6 Å². The van der Waals surface area contributed by atoms with Gasteiger partial charge in [-0.3, -0.25) is 4.79 Å². The number of halogens is 1. The Morgan fingerprint density at radius 1 is 1.27 bits per heavy atom. The Kier molecular flexibility index (Phi) is 5.41. The molecule has 0 saturated carbocycles. The molecular weight excluding hydrogens is 302 g/mol. The summed E-state index contributed by atoms with van der Waals surface area (Å²) in [6, 6.07) is 12.2. The van der Waals surface area contributed by atoms with Crippen molar-refractivity contribution in [3.05, 3.63) is 64.2 Å². The number of ether oxygens (including phenoxy) is 1. The average molecular weight is 320 g/mol. The molecule has 0 aromatic heterocycles. The first-order chi connectivity index (χ1) is 10.5. The zero-order valence-corrected chi connectivity index (χ0v) is 13.2. The molecule has 2 rings (SSSR count). The molecule has 0 saturated heterocycles. The van der Waals surface area contributed by atoms with Crippen molar-refractivity contribution >= 4 is 17.5 Å². The molecule has 0 spiro atoms. The molecule has 2 aromatic carbocycles. The number of aliphatic hydroxyl groups excluding tert-OH is 1. The van der Waals surface area contributed by atoms with Gasteiger partial charge >= 0.3 is 0 Å². The van der Waals surface area contributed by atoms with Crippen LogP contribution in [0.2, 0.25) is 5.02 Å². The monoisotopic (exact) mass is 319 g/mol. The number of benzene rings is 2. The molecule has 0 aliphatic heterocycles. The van der Waals surface area contributed by atoms with E-state index in [1.807, 2.05) is 6.92 Å². The summed E-state index contributed by atoms with van der Waals surface area (Å²) in [4.78, 5) is 12.0. The second kappa shape index (κ2) is 7.29. The van der Waals surface area contributed by atoms with Crippen LogP contribution in [0, 0.1) is 6.92 Å². The molecule has 0 bridgehead atoms. The standard InChI is InChI=1S/C17H18ClNO3/c1-11-3-4-13(9-15(11)18)17(21)19-10-16(20)12-5-7-14(22-2)8-6-12/h3-9,16,20H,10H2,1-2H3,(H,19,21). The lowest BCUT2D eigenvalue weighted by molar-refractivity contribution is 0.0916. The van der Waals surface area contributed by atoms with E-state index in [4.69, 9.17) is 16.3 Å². The number of nitrogens with one attached hydrogen (secondary N) is 1. The topological polar surface area (TPSA) is 58.6 Å². The largest absolute Gasteiger partial charge is 0.497 e. The Balaban J connectivity index is 1.95. The van der Waals surface area contributed by atoms with Gasteiger partial charge in [-0.25, -0.2) is 0 Å². The number of aryl methyl sites for hydroxylation is 1. The van der Waals surface area contributed by atoms with Crippen molar-refractivity contribution in [1.82, 2.24) is 5.32 Å². The molecular formula is C17H18ClNO3. The number of carbonyl (C=O) groups excluding carboxylic acids is 1. The van der Waals surface area contributed by atoms with E-state index < -0.39 is 6.10 Å². The van der Waals surface area contributed by atoms with Crippen molar-refractivity contribution in [2.45, 2.75) is 13.0 Å². The highest BCUT2D eigenvalue weighted by Gasteiger charge is 2.11. The molecule has 5 heteroatoms. The lowest BCUT2D eigenvalue weighted by atomic mass is 10.1. The number of amides is 1. The Morgan fingerprint density at radius 2 is 1.95 bits per heavy atom. The van der Waals surface area contributed by atoms with Crippen molar-refractivity contribution in [2.24, 2.45) is 0 Å². The summed E-state index contributed by atoms with van der Waals surface area (Å²) in [5.41, 5.74) is 2.09. The predicted octanol–water partition coefficient (Wildman–Crippen LogP) is 3.12. The molecule has 1 atom stereocenters. The van der Waals surface area contributed by atoms with Gasteiger partial charge in [0.2, 0.25) is 0 Å². The van der Waals surface area contributed by atoms with E-state index >= 15 is 0 Å². The Morgan fingerprint density at radius 3 is 2.55 bits per heavy atom. The molecule has 22 heavy (non-hydrogen) atoms. The smallest absolute Gasteiger partial charge is 0.251 e. The van der Waals surface area contributed by atoms with Crippen molar-refractivity contribution in [3.8, 4) is 5.75 Å². The summed E-state index contributed by atoms with van der Waals surface area (Å²) in [5, 5.41) is 13.3. The Hall–Kier alpha value is -2.04.